The lowest BCUT2D eigenvalue weighted by atomic mass is 10.5. The summed E-state index contributed by atoms with van der Waals surface area (Å²) < 4.78 is 57.0. The van der Waals surface area contributed by atoms with Gasteiger partial charge in [-0.15, -0.1) is 0 Å². The van der Waals surface area contributed by atoms with Gasteiger partial charge in [-0.05, 0) is 6.42 Å². The molecule has 0 atom stereocenters. The fourth-order valence-corrected chi connectivity index (χ4v) is 0.710. The molecular weight excluding hydrogens is 236 g/mol. The highest BCUT2D eigenvalue weighted by Crippen LogP contribution is 2.20. The Labute approximate surface area is 85.3 Å². The summed E-state index contributed by atoms with van der Waals surface area (Å²) in [4.78, 5) is 10.6. The molecule has 2 N–H and O–H groups in total. The zero-order valence-corrected chi connectivity index (χ0v) is 8.68. The van der Waals surface area contributed by atoms with Crippen LogP contribution < -0.4 is 5.32 Å². The number of alkyl halides is 2. The molecule has 0 aromatic carbocycles. The molecule has 0 saturated heterocycles. The smallest absolute Gasteiger partial charge is 0.407 e. The molecule has 0 aliphatic heterocycles. The Morgan fingerprint density at radius 2 is 2.07 bits per heavy atom. The van der Waals surface area contributed by atoms with Crippen molar-refractivity contribution in [1.29, 1.82) is 0 Å². The van der Waals surface area contributed by atoms with Crippen LogP contribution in [0.15, 0.2) is 0 Å². The summed E-state index contributed by atoms with van der Waals surface area (Å²) in [5, 5.41) is -2.40. The van der Waals surface area contributed by atoms with Crippen molar-refractivity contribution in [3.8, 4) is 0 Å². The van der Waals surface area contributed by atoms with E-state index in [4.69, 9.17) is 4.55 Å². The van der Waals surface area contributed by atoms with Crippen molar-refractivity contribution in [3.63, 3.8) is 0 Å². The Kier molecular flexibility index (Phi) is 4.88. The van der Waals surface area contributed by atoms with E-state index in [0.29, 0.717) is 6.42 Å². The van der Waals surface area contributed by atoms with E-state index in [1.807, 2.05) is 0 Å². The molecule has 6 nitrogen and oxygen atoms in total. The molecule has 0 rings (SSSR count). The molecule has 0 aliphatic carbocycles. The minimum Gasteiger partial charge on any atom is -0.442 e. The van der Waals surface area contributed by atoms with Crippen molar-refractivity contribution < 1.29 is 31.3 Å². The highest BCUT2D eigenvalue weighted by Gasteiger charge is 2.45. The first-order valence-electron chi connectivity index (χ1n) is 3.96. The van der Waals surface area contributed by atoms with Gasteiger partial charge in [-0.2, -0.15) is 17.2 Å². The van der Waals surface area contributed by atoms with E-state index in [1.54, 1.807) is 6.92 Å². The van der Waals surface area contributed by atoms with E-state index in [9.17, 15) is 22.0 Å². The van der Waals surface area contributed by atoms with Crippen LogP contribution in [0.4, 0.5) is 13.6 Å². The molecule has 0 aromatic rings. The molecule has 0 heterocycles. The van der Waals surface area contributed by atoms with E-state index in [-0.39, 0.29) is 6.54 Å². The minimum absolute atomic E-state index is 0.219. The molecule has 90 valence electrons. The number of amides is 1. The van der Waals surface area contributed by atoms with Crippen LogP contribution in [-0.4, -0.2) is 37.5 Å². The van der Waals surface area contributed by atoms with Crippen molar-refractivity contribution in [1.82, 2.24) is 5.32 Å². The monoisotopic (exact) mass is 247 g/mol. The van der Waals surface area contributed by atoms with Crippen molar-refractivity contribution in [3.05, 3.63) is 0 Å². The van der Waals surface area contributed by atoms with E-state index in [2.05, 4.69) is 10.1 Å². The van der Waals surface area contributed by atoms with E-state index >= 15 is 0 Å². The molecule has 0 fully saturated rings. The van der Waals surface area contributed by atoms with E-state index in [1.165, 1.54) is 0 Å². The molecular formula is C6H11F2NO5S. The number of nitrogens with one attached hydrogen (secondary N) is 1. The molecule has 15 heavy (non-hydrogen) atoms. The van der Waals surface area contributed by atoms with Gasteiger partial charge in [0.1, 0.15) is 0 Å². The molecule has 9 heteroatoms. The quantitative estimate of drug-likeness (QED) is 0.694. The summed E-state index contributed by atoms with van der Waals surface area (Å²) in [5.41, 5.74) is 0. The van der Waals surface area contributed by atoms with Crippen LogP contribution in [0.1, 0.15) is 13.3 Å². The number of carbonyl (C=O) groups is 1. The summed E-state index contributed by atoms with van der Waals surface area (Å²) in [6.45, 7) is 0.227. The molecule has 0 spiro atoms. The van der Waals surface area contributed by atoms with Gasteiger partial charge < -0.3 is 10.1 Å². The zero-order valence-electron chi connectivity index (χ0n) is 7.87. The molecule has 0 bridgehead atoms. The van der Waals surface area contributed by atoms with Crippen molar-refractivity contribution in [2.24, 2.45) is 0 Å². The normalized spacial score (nSPS) is 12.3. The Hall–Kier alpha value is -0.960. The summed E-state index contributed by atoms with van der Waals surface area (Å²) in [6.07, 6.45) is -0.593. The van der Waals surface area contributed by atoms with Gasteiger partial charge in [-0.25, -0.2) is 4.79 Å². The van der Waals surface area contributed by atoms with Crippen LogP contribution >= 0.6 is 0 Å². The maximum atomic E-state index is 12.5. The number of hydrogen-bond donors (Lipinski definition) is 2. The van der Waals surface area contributed by atoms with Gasteiger partial charge in [0.25, 0.3) is 0 Å². The third-order valence-corrected chi connectivity index (χ3v) is 2.14. The fraction of sp³-hybridized carbons (Fsp3) is 0.833. The number of hydrogen-bond acceptors (Lipinski definition) is 4. The van der Waals surface area contributed by atoms with Gasteiger partial charge >= 0.3 is 21.5 Å². The summed E-state index contributed by atoms with van der Waals surface area (Å²) in [5.74, 6) is 0. The molecule has 1 amide bonds. The Morgan fingerprint density at radius 1 is 1.53 bits per heavy atom. The third kappa shape index (κ3) is 4.88. The Bertz CT molecular complexity index is 315. The van der Waals surface area contributed by atoms with Gasteiger partial charge in [0.15, 0.2) is 6.61 Å². The summed E-state index contributed by atoms with van der Waals surface area (Å²) in [7, 11) is -5.56. The van der Waals surface area contributed by atoms with Crippen LogP contribution in [0, 0.1) is 0 Å². The van der Waals surface area contributed by atoms with Crippen molar-refractivity contribution in [2.75, 3.05) is 13.2 Å². The summed E-state index contributed by atoms with van der Waals surface area (Å²) in [6, 6.07) is 0. The first-order chi connectivity index (χ1) is 6.70. The SMILES string of the molecule is CCCNC(=O)OCC(F)(F)S(=O)(=O)O. The highest BCUT2D eigenvalue weighted by molar-refractivity contribution is 7.86. The lowest BCUT2D eigenvalue weighted by Gasteiger charge is -2.13. The molecule has 0 radical (unpaired) electrons. The maximum Gasteiger partial charge on any atom is 0.407 e. The maximum absolute atomic E-state index is 12.5. The van der Waals surface area contributed by atoms with Crippen molar-refractivity contribution >= 4 is 16.2 Å². The van der Waals surface area contributed by atoms with Crippen LogP contribution in [0.5, 0.6) is 0 Å². The average molecular weight is 247 g/mol. The zero-order chi connectivity index (χ0) is 12.1. The lowest BCUT2D eigenvalue weighted by molar-refractivity contribution is 0.00744. The lowest BCUT2D eigenvalue weighted by Crippen LogP contribution is -2.37. The summed E-state index contributed by atoms with van der Waals surface area (Å²) >= 11 is 0. The number of ether oxygens (including phenoxy) is 1. The number of halogens is 2. The number of rotatable bonds is 5. The molecule has 0 unspecified atom stereocenters. The molecule has 0 saturated carbocycles. The second kappa shape index (κ2) is 5.21. The third-order valence-electron chi connectivity index (χ3n) is 1.27. The topological polar surface area (TPSA) is 92.7 Å². The van der Waals surface area contributed by atoms with Gasteiger partial charge in [-0.3, -0.25) is 4.55 Å². The Morgan fingerprint density at radius 3 is 2.47 bits per heavy atom. The molecule has 0 aliphatic rings. The van der Waals surface area contributed by atoms with Crippen LogP contribution in [-0.2, 0) is 14.9 Å². The van der Waals surface area contributed by atoms with Gasteiger partial charge in [0.2, 0.25) is 0 Å². The van der Waals surface area contributed by atoms with Gasteiger partial charge in [0.05, 0.1) is 0 Å². The molecule has 0 aromatic heterocycles. The van der Waals surface area contributed by atoms with E-state index in [0.717, 1.165) is 0 Å². The van der Waals surface area contributed by atoms with Crippen molar-refractivity contribution in [2.45, 2.75) is 18.6 Å². The van der Waals surface area contributed by atoms with Gasteiger partial charge in [0, 0.05) is 6.54 Å². The largest absolute Gasteiger partial charge is 0.442 e. The average Bonchev–Trinajstić information content (AvgIpc) is 2.09. The standard InChI is InChI=1S/C6H11F2NO5S/c1-2-3-9-5(10)14-4-6(7,8)15(11,12)13/h2-4H2,1H3,(H,9,10)(H,11,12,13). The predicted octanol–water partition coefficient (Wildman–Crippen LogP) is 0.603. The van der Waals surface area contributed by atoms with Gasteiger partial charge in [-0.1, -0.05) is 6.92 Å². The highest BCUT2D eigenvalue weighted by atomic mass is 32.2. The number of alkyl carbamates (subject to hydrolysis) is 1. The van der Waals surface area contributed by atoms with E-state index < -0.39 is 28.1 Å². The second-order valence-corrected chi connectivity index (χ2v) is 4.16. The van der Waals surface area contributed by atoms with Crippen LogP contribution in [0.3, 0.4) is 0 Å². The Balaban J connectivity index is 4.11. The first kappa shape index (κ1) is 14.0. The van der Waals surface area contributed by atoms with Crippen LogP contribution in [0.25, 0.3) is 0 Å². The fourth-order valence-electron chi connectivity index (χ4n) is 0.502. The minimum atomic E-state index is -5.56. The predicted molar refractivity (Wildman–Crippen MR) is 46.1 cm³/mol. The van der Waals surface area contributed by atoms with Crippen LogP contribution in [0.2, 0.25) is 0 Å². The number of carbonyl (C=O) groups excluding carboxylic acids is 1. The second-order valence-electron chi connectivity index (χ2n) is 2.62. The first-order valence-corrected chi connectivity index (χ1v) is 5.40.